The fourth-order valence-electron chi connectivity index (χ4n) is 0.422. The Bertz CT molecular complexity index is 218. The summed E-state index contributed by atoms with van der Waals surface area (Å²) in [5.41, 5.74) is 0. The van der Waals surface area contributed by atoms with Crippen LogP contribution >= 0.6 is 0 Å². The summed E-state index contributed by atoms with van der Waals surface area (Å²) in [4.78, 5) is 19.2. The second-order valence-electron chi connectivity index (χ2n) is 3.07. The Labute approximate surface area is 89.4 Å². The summed E-state index contributed by atoms with van der Waals surface area (Å²) in [5.74, 6) is -1.72. The minimum atomic E-state index is -1.09. The quantitative estimate of drug-likeness (QED) is 0.542. The fourth-order valence-corrected chi connectivity index (χ4v) is 0.422. The van der Waals surface area contributed by atoms with E-state index in [4.69, 9.17) is 19.7 Å². The number of rotatable bonds is 5. The summed E-state index contributed by atoms with van der Waals surface area (Å²) in [6, 6.07) is 0. The largest absolute Gasteiger partial charge is 0.487 e. The molecule has 0 saturated carbocycles. The molecule has 0 aromatic rings. The Morgan fingerprint density at radius 1 is 1.40 bits per heavy atom. The van der Waals surface area contributed by atoms with Crippen LogP contribution in [0.5, 0.6) is 0 Å². The van der Waals surface area contributed by atoms with Crippen molar-refractivity contribution in [1.29, 1.82) is 0 Å². The highest BCUT2D eigenvalue weighted by Crippen LogP contribution is 2.03. The Morgan fingerprint density at radius 3 is 2.07 bits per heavy atom. The van der Waals surface area contributed by atoms with Gasteiger partial charge in [0.05, 0.1) is 6.61 Å². The van der Waals surface area contributed by atoms with Gasteiger partial charge in [0.2, 0.25) is 0 Å². The van der Waals surface area contributed by atoms with Gasteiger partial charge in [-0.15, -0.1) is 0 Å². The third-order valence-electron chi connectivity index (χ3n) is 1.48. The topological polar surface area (TPSA) is 83.8 Å². The van der Waals surface area contributed by atoms with Gasteiger partial charge < -0.3 is 14.9 Å². The monoisotopic (exact) mass is 218 g/mol. The average molecular weight is 218 g/mol. The van der Waals surface area contributed by atoms with Crippen LogP contribution in [0.15, 0.2) is 12.3 Å². The molecule has 0 heterocycles. The lowest BCUT2D eigenvalue weighted by Gasteiger charge is -2.09. The van der Waals surface area contributed by atoms with Crippen molar-refractivity contribution in [3.05, 3.63) is 12.3 Å². The average Bonchev–Trinajstić information content (AvgIpc) is 2.12. The molecule has 0 amide bonds. The predicted octanol–water partition coefficient (Wildman–Crippen LogP) is 1.74. The third-order valence-corrected chi connectivity index (χ3v) is 1.48. The summed E-state index contributed by atoms with van der Waals surface area (Å²) < 4.78 is 4.86. The SMILES string of the molecule is C=C(OCC(C)CC)C(=O)O.CC(=O)O. The van der Waals surface area contributed by atoms with E-state index in [1.165, 1.54) is 0 Å². The molecule has 0 saturated heterocycles. The lowest BCUT2D eigenvalue weighted by atomic mass is 10.1. The number of hydrogen-bond acceptors (Lipinski definition) is 3. The molecule has 0 aliphatic heterocycles. The second-order valence-corrected chi connectivity index (χ2v) is 3.07. The third kappa shape index (κ3) is 15.3. The van der Waals surface area contributed by atoms with Crippen LogP contribution < -0.4 is 0 Å². The molecule has 0 aromatic heterocycles. The first kappa shape index (κ1) is 15.9. The zero-order chi connectivity index (χ0) is 12.4. The Hall–Kier alpha value is -1.52. The van der Waals surface area contributed by atoms with Crippen molar-refractivity contribution in [1.82, 2.24) is 0 Å². The van der Waals surface area contributed by atoms with Crippen LogP contribution in [0.2, 0.25) is 0 Å². The van der Waals surface area contributed by atoms with Crippen LogP contribution in [-0.2, 0) is 14.3 Å². The van der Waals surface area contributed by atoms with E-state index in [1.54, 1.807) is 0 Å². The molecule has 15 heavy (non-hydrogen) atoms. The lowest BCUT2D eigenvalue weighted by molar-refractivity contribution is -0.137. The van der Waals surface area contributed by atoms with Gasteiger partial charge in [0.15, 0.2) is 5.76 Å². The van der Waals surface area contributed by atoms with Gasteiger partial charge in [-0.1, -0.05) is 20.3 Å². The van der Waals surface area contributed by atoms with Gasteiger partial charge in [-0.05, 0) is 12.5 Å². The summed E-state index contributed by atoms with van der Waals surface area (Å²) in [5, 5.41) is 15.8. The summed E-state index contributed by atoms with van der Waals surface area (Å²) >= 11 is 0. The number of hydrogen-bond donors (Lipinski definition) is 2. The second kappa shape index (κ2) is 9.05. The Morgan fingerprint density at radius 2 is 1.80 bits per heavy atom. The molecule has 5 heteroatoms. The molecule has 0 bridgehead atoms. The zero-order valence-corrected chi connectivity index (χ0v) is 9.32. The van der Waals surface area contributed by atoms with E-state index in [0.717, 1.165) is 13.3 Å². The maximum Gasteiger partial charge on any atom is 0.370 e. The first-order valence-corrected chi connectivity index (χ1v) is 4.55. The molecule has 5 nitrogen and oxygen atoms in total. The van der Waals surface area contributed by atoms with Crippen molar-refractivity contribution >= 4 is 11.9 Å². The number of carboxylic acids is 2. The van der Waals surface area contributed by atoms with E-state index < -0.39 is 11.9 Å². The molecule has 0 aromatic carbocycles. The maximum atomic E-state index is 10.2. The van der Waals surface area contributed by atoms with Gasteiger partial charge in [0.25, 0.3) is 5.97 Å². The maximum absolute atomic E-state index is 10.2. The summed E-state index contributed by atoms with van der Waals surface area (Å²) in [6.45, 7) is 8.77. The van der Waals surface area contributed by atoms with Gasteiger partial charge >= 0.3 is 5.97 Å². The van der Waals surface area contributed by atoms with E-state index in [1.807, 2.05) is 13.8 Å². The molecular formula is C10H18O5. The smallest absolute Gasteiger partial charge is 0.370 e. The molecule has 88 valence electrons. The van der Waals surface area contributed by atoms with E-state index in [9.17, 15) is 4.79 Å². The fraction of sp³-hybridized carbons (Fsp3) is 0.600. The van der Waals surface area contributed by atoms with Crippen LogP contribution in [0.3, 0.4) is 0 Å². The predicted molar refractivity (Wildman–Crippen MR) is 55.5 cm³/mol. The first-order valence-electron chi connectivity index (χ1n) is 4.55. The van der Waals surface area contributed by atoms with Gasteiger partial charge in [0, 0.05) is 6.92 Å². The van der Waals surface area contributed by atoms with E-state index >= 15 is 0 Å². The summed E-state index contributed by atoms with van der Waals surface area (Å²) in [7, 11) is 0. The molecule has 2 N–H and O–H groups in total. The molecule has 0 spiro atoms. The minimum absolute atomic E-state index is 0.176. The number of ether oxygens (including phenoxy) is 1. The molecule has 1 atom stereocenters. The molecule has 0 radical (unpaired) electrons. The van der Waals surface area contributed by atoms with E-state index in [2.05, 4.69) is 6.58 Å². The van der Waals surface area contributed by atoms with Gasteiger partial charge in [0.1, 0.15) is 0 Å². The lowest BCUT2D eigenvalue weighted by Crippen LogP contribution is -2.09. The first-order chi connectivity index (χ1) is 6.81. The molecule has 1 unspecified atom stereocenters. The highest BCUT2D eigenvalue weighted by Gasteiger charge is 2.06. The van der Waals surface area contributed by atoms with Crippen molar-refractivity contribution in [2.75, 3.05) is 6.61 Å². The minimum Gasteiger partial charge on any atom is -0.487 e. The van der Waals surface area contributed by atoms with Crippen molar-refractivity contribution in [2.24, 2.45) is 5.92 Å². The van der Waals surface area contributed by atoms with Gasteiger partial charge in [-0.25, -0.2) is 4.79 Å². The van der Waals surface area contributed by atoms with E-state index in [-0.39, 0.29) is 5.76 Å². The van der Waals surface area contributed by atoms with Crippen LogP contribution in [0.25, 0.3) is 0 Å². The van der Waals surface area contributed by atoms with Crippen LogP contribution in [-0.4, -0.2) is 28.8 Å². The molecule has 0 rings (SSSR count). The highest BCUT2D eigenvalue weighted by atomic mass is 16.5. The van der Waals surface area contributed by atoms with Crippen LogP contribution in [0.4, 0.5) is 0 Å². The van der Waals surface area contributed by atoms with Gasteiger partial charge in [-0.3, -0.25) is 4.79 Å². The molecular weight excluding hydrogens is 200 g/mol. The molecule has 0 aliphatic rings. The molecule has 0 aliphatic carbocycles. The van der Waals surface area contributed by atoms with Crippen LogP contribution in [0.1, 0.15) is 27.2 Å². The van der Waals surface area contributed by atoms with Crippen molar-refractivity contribution in [3.8, 4) is 0 Å². The van der Waals surface area contributed by atoms with Crippen LogP contribution in [0, 0.1) is 5.92 Å². The normalized spacial score (nSPS) is 10.6. The van der Waals surface area contributed by atoms with Crippen molar-refractivity contribution < 1.29 is 24.5 Å². The van der Waals surface area contributed by atoms with Crippen molar-refractivity contribution in [2.45, 2.75) is 27.2 Å². The highest BCUT2D eigenvalue weighted by molar-refractivity contribution is 5.83. The Kier molecular flexibility index (Phi) is 9.61. The molecule has 0 fully saturated rings. The van der Waals surface area contributed by atoms with E-state index in [0.29, 0.717) is 12.5 Å². The Balaban J connectivity index is 0. The number of aliphatic carboxylic acids is 2. The zero-order valence-electron chi connectivity index (χ0n) is 9.32. The standard InChI is InChI=1S/C8H14O3.C2H4O2/c1-4-6(2)5-11-7(3)8(9)10;1-2(3)4/h6H,3-5H2,1-2H3,(H,9,10);1H3,(H,3,4). The summed E-state index contributed by atoms with van der Waals surface area (Å²) in [6.07, 6.45) is 0.979. The van der Waals surface area contributed by atoms with Crippen molar-refractivity contribution in [3.63, 3.8) is 0 Å². The number of carboxylic acid groups (broad SMARTS) is 2. The van der Waals surface area contributed by atoms with Gasteiger partial charge in [-0.2, -0.15) is 0 Å². The number of carbonyl (C=O) groups is 2.